The van der Waals surface area contributed by atoms with Crippen molar-refractivity contribution < 1.29 is 23.9 Å². The van der Waals surface area contributed by atoms with Gasteiger partial charge >= 0.3 is 12.1 Å². The van der Waals surface area contributed by atoms with Crippen LogP contribution in [0.25, 0.3) is 0 Å². The number of aliphatic imine (C=N–C) groups is 1. The summed E-state index contributed by atoms with van der Waals surface area (Å²) < 4.78 is 9.88. The molecule has 2 aliphatic heterocycles. The van der Waals surface area contributed by atoms with Crippen LogP contribution < -0.4 is 21.3 Å². The molecule has 1 saturated heterocycles. The van der Waals surface area contributed by atoms with Gasteiger partial charge in [0, 0.05) is 37.8 Å². The van der Waals surface area contributed by atoms with Crippen LogP contribution in [0, 0.1) is 0 Å². The standard InChI is InChI=1S/C24H36N6O5/c1-16(2)35-24(33)28-19(23(32)34-3)14-30(15-31)17-8-12-29(13-9-17)20-7-4-6-18(21(20)25)22-26-10-5-11-27-22/h4,6-7,15-17,19H,5,8-14,25H2,1-3H3,(H,26,27)(H,28,33)/t19-/m0/s1. The SMILES string of the molecule is COC(=O)[C@H](CN(C=O)C1CCN(c2cccc(C3=NCCCN3)c2N)CC1)NC(=O)OC(C)C. The molecular weight excluding hydrogens is 452 g/mol. The van der Waals surface area contributed by atoms with E-state index in [-0.39, 0.29) is 18.7 Å². The van der Waals surface area contributed by atoms with Gasteiger partial charge in [-0.2, -0.15) is 0 Å². The van der Waals surface area contributed by atoms with Gasteiger partial charge in [-0.3, -0.25) is 9.79 Å². The van der Waals surface area contributed by atoms with E-state index in [1.165, 1.54) is 7.11 Å². The highest BCUT2D eigenvalue weighted by Crippen LogP contribution is 2.30. The number of nitrogens with zero attached hydrogens (tertiary/aromatic N) is 3. The molecular formula is C24H36N6O5. The van der Waals surface area contributed by atoms with Crippen molar-refractivity contribution in [2.75, 3.05) is 50.5 Å². The minimum absolute atomic E-state index is 0.00282. The van der Waals surface area contributed by atoms with Crippen LogP contribution in [0.3, 0.4) is 0 Å². The summed E-state index contributed by atoms with van der Waals surface area (Å²) in [7, 11) is 1.24. The number of carbonyl (C=O) groups is 3. The molecule has 2 heterocycles. The Labute approximate surface area is 206 Å². The number of hydrogen-bond donors (Lipinski definition) is 3. The lowest BCUT2D eigenvalue weighted by atomic mass is 10.0. The zero-order valence-corrected chi connectivity index (χ0v) is 20.7. The van der Waals surface area contributed by atoms with Gasteiger partial charge in [0.1, 0.15) is 11.9 Å². The molecule has 2 amide bonds. The number of methoxy groups -OCH3 is 1. The summed E-state index contributed by atoms with van der Waals surface area (Å²) in [5, 5.41) is 5.82. The third-order valence-corrected chi connectivity index (χ3v) is 6.16. The first-order chi connectivity index (χ1) is 16.8. The number of ether oxygens (including phenoxy) is 2. The number of rotatable bonds is 9. The van der Waals surface area contributed by atoms with E-state index in [0.717, 1.165) is 36.6 Å². The van der Waals surface area contributed by atoms with E-state index in [1.54, 1.807) is 18.7 Å². The van der Waals surface area contributed by atoms with Crippen LogP contribution in [-0.2, 0) is 19.1 Å². The summed E-state index contributed by atoms with van der Waals surface area (Å²) in [5.41, 5.74) is 9.06. The largest absolute Gasteiger partial charge is 0.467 e. The summed E-state index contributed by atoms with van der Waals surface area (Å²) in [5.74, 6) is 0.189. The van der Waals surface area contributed by atoms with Crippen molar-refractivity contribution in [3.63, 3.8) is 0 Å². The van der Waals surface area contributed by atoms with Crippen molar-refractivity contribution in [2.45, 2.75) is 51.3 Å². The number of carbonyl (C=O) groups excluding carboxylic acids is 3. The minimum Gasteiger partial charge on any atom is -0.467 e. The molecule has 3 rings (SSSR count). The van der Waals surface area contributed by atoms with Gasteiger partial charge in [0.25, 0.3) is 0 Å². The number of benzene rings is 1. The van der Waals surface area contributed by atoms with Crippen molar-refractivity contribution in [3.05, 3.63) is 23.8 Å². The zero-order valence-electron chi connectivity index (χ0n) is 20.7. The lowest BCUT2D eigenvalue weighted by Gasteiger charge is -2.39. The maximum Gasteiger partial charge on any atom is 0.408 e. The molecule has 192 valence electrons. The monoisotopic (exact) mass is 488 g/mol. The van der Waals surface area contributed by atoms with Crippen LogP contribution in [-0.4, -0.2) is 87.2 Å². The van der Waals surface area contributed by atoms with Gasteiger partial charge in [-0.1, -0.05) is 6.07 Å². The van der Waals surface area contributed by atoms with Crippen molar-refractivity contribution in [2.24, 2.45) is 4.99 Å². The smallest absolute Gasteiger partial charge is 0.408 e. The van der Waals surface area contributed by atoms with Gasteiger partial charge in [-0.05, 0) is 45.2 Å². The second-order valence-corrected chi connectivity index (χ2v) is 8.94. The molecule has 0 radical (unpaired) electrons. The van der Waals surface area contributed by atoms with Crippen LogP contribution in [0.2, 0.25) is 0 Å². The van der Waals surface area contributed by atoms with Crippen LogP contribution in [0.4, 0.5) is 16.2 Å². The number of nitrogen functional groups attached to an aromatic ring is 1. The molecule has 11 nitrogen and oxygen atoms in total. The van der Waals surface area contributed by atoms with E-state index in [1.807, 2.05) is 18.2 Å². The average molecular weight is 489 g/mol. The van der Waals surface area contributed by atoms with Crippen molar-refractivity contribution in [1.29, 1.82) is 0 Å². The molecule has 0 aliphatic carbocycles. The fourth-order valence-electron chi connectivity index (χ4n) is 4.39. The molecule has 4 N–H and O–H groups in total. The highest BCUT2D eigenvalue weighted by molar-refractivity contribution is 6.05. The normalized spacial score (nSPS) is 17.1. The molecule has 35 heavy (non-hydrogen) atoms. The first-order valence-corrected chi connectivity index (χ1v) is 12.0. The van der Waals surface area contributed by atoms with E-state index in [4.69, 9.17) is 15.2 Å². The van der Waals surface area contributed by atoms with Crippen LogP contribution in [0.5, 0.6) is 0 Å². The number of esters is 1. The van der Waals surface area contributed by atoms with Crippen molar-refractivity contribution >= 4 is 35.7 Å². The van der Waals surface area contributed by atoms with Gasteiger partial charge in [0.15, 0.2) is 0 Å². The summed E-state index contributed by atoms with van der Waals surface area (Å²) in [6, 6.07) is 4.84. The Morgan fingerprint density at radius 2 is 2.09 bits per heavy atom. The number of para-hydroxylation sites is 1. The Balaban J connectivity index is 1.64. The summed E-state index contributed by atoms with van der Waals surface area (Å²) >= 11 is 0. The van der Waals surface area contributed by atoms with Crippen LogP contribution in [0.1, 0.15) is 38.7 Å². The summed E-state index contributed by atoms with van der Waals surface area (Å²) in [4.78, 5) is 44.5. The van der Waals surface area contributed by atoms with Crippen molar-refractivity contribution in [3.8, 4) is 0 Å². The van der Waals surface area contributed by atoms with E-state index in [0.29, 0.717) is 38.0 Å². The Morgan fingerprint density at radius 3 is 2.69 bits per heavy atom. The lowest BCUT2D eigenvalue weighted by molar-refractivity contribution is -0.144. The minimum atomic E-state index is -1.02. The molecule has 1 aromatic rings. The molecule has 0 unspecified atom stereocenters. The van der Waals surface area contributed by atoms with E-state index in [2.05, 4.69) is 20.5 Å². The average Bonchev–Trinajstić information content (AvgIpc) is 2.86. The topological polar surface area (TPSA) is 139 Å². The molecule has 0 saturated carbocycles. The molecule has 1 fully saturated rings. The summed E-state index contributed by atoms with van der Waals surface area (Å²) in [6.07, 6.45) is 2.02. The number of piperidine rings is 1. The number of nitrogens with two attached hydrogens (primary N) is 1. The van der Waals surface area contributed by atoms with Crippen LogP contribution in [0.15, 0.2) is 23.2 Å². The second kappa shape index (κ2) is 12.3. The van der Waals surface area contributed by atoms with E-state index >= 15 is 0 Å². The number of alkyl carbamates (subject to hydrolysis) is 1. The molecule has 0 bridgehead atoms. The second-order valence-electron chi connectivity index (χ2n) is 8.94. The number of amides is 2. The molecule has 1 aromatic carbocycles. The van der Waals surface area contributed by atoms with Gasteiger partial charge in [-0.25, -0.2) is 9.59 Å². The zero-order chi connectivity index (χ0) is 25.4. The molecule has 11 heteroatoms. The quantitative estimate of drug-likeness (QED) is 0.267. The molecule has 1 atom stereocenters. The molecule has 0 spiro atoms. The Hall–Kier alpha value is -3.50. The molecule has 0 aromatic heterocycles. The Kier molecular flexibility index (Phi) is 9.16. The fraction of sp³-hybridized carbons (Fsp3) is 0.583. The Morgan fingerprint density at radius 1 is 1.34 bits per heavy atom. The first kappa shape index (κ1) is 26.1. The number of nitrogens with one attached hydrogen (secondary N) is 2. The highest BCUT2D eigenvalue weighted by Gasteiger charge is 2.31. The van der Waals surface area contributed by atoms with Gasteiger partial charge in [-0.15, -0.1) is 0 Å². The van der Waals surface area contributed by atoms with Crippen molar-refractivity contribution in [1.82, 2.24) is 15.5 Å². The maximum absolute atomic E-state index is 12.2. The van der Waals surface area contributed by atoms with Gasteiger partial charge in [0.05, 0.1) is 31.1 Å². The van der Waals surface area contributed by atoms with E-state index in [9.17, 15) is 14.4 Å². The number of amidine groups is 1. The number of anilines is 2. The Bertz CT molecular complexity index is 929. The molecule has 2 aliphatic rings. The number of hydrogen-bond acceptors (Lipinski definition) is 9. The third-order valence-electron chi connectivity index (χ3n) is 6.16. The summed E-state index contributed by atoms with van der Waals surface area (Å²) in [6.45, 7) is 6.46. The van der Waals surface area contributed by atoms with E-state index < -0.39 is 18.1 Å². The van der Waals surface area contributed by atoms with Gasteiger partial charge < -0.3 is 35.6 Å². The van der Waals surface area contributed by atoms with Gasteiger partial charge in [0.2, 0.25) is 6.41 Å². The predicted octanol–water partition coefficient (Wildman–Crippen LogP) is 1.11. The maximum atomic E-state index is 12.2. The van der Waals surface area contributed by atoms with Crippen LogP contribution >= 0.6 is 0 Å². The lowest BCUT2D eigenvalue weighted by Crippen LogP contribution is -2.53. The fourth-order valence-corrected chi connectivity index (χ4v) is 4.39. The third kappa shape index (κ3) is 6.77. The first-order valence-electron chi connectivity index (χ1n) is 12.0. The predicted molar refractivity (Wildman–Crippen MR) is 133 cm³/mol. The highest BCUT2D eigenvalue weighted by atomic mass is 16.6.